The van der Waals surface area contributed by atoms with Crippen LogP contribution in [-0.4, -0.2) is 32.5 Å². The molecule has 0 atom stereocenters. The maximum absolute atomic E-state index is 5.72. The Morgan fingerprint density at radius 3 is 2.71 bits per heavy atom. The fourth-order valence-corrected chi connectivity index (χ4v) is 4.30. The molecule has 3 heterocycles. The van der Waals surface area contributed by atoms with E-state index in [0.29, 0.717) is 11.2 Å². The number of likely N-dealkylation sites (tertiary alicyclic amines) is 1. The van der Waals surface area contributed by atoms with Gasteiger partial charge in [-0.05, 0) is 31.9 Å². The first-order valence-corrected chi connectivity index (χ1v) is 8.88. The van der Waals surface area contributed by atoms with Gasteiger partial charge in [0.2, 0.25) is 0 Å². The first-order valence-electron chi connectivity index (χ1n) is 8.07. The Labute approximate surface area is 151 Å². The molecule has 0 saturated carbocycles. The molecule has 0 radical (unpaired) electrons. The number of para-hydroxylation sites is 2. The van der Waals surface area contributed by atoms with Crippen LogP contribution in [-0.2, 0) is 6.54 Å². The van der Waals surface area contributed by atoms with E-state index in [4.69, 9.17) is 10.7 Å². The van der Waals surface area contributed by atoms with Crippen molar-refractivity contribution in [1.82, 2.24) is 19.4 Å². The van der Waals surface area contributed by atoms with Gasteiger partial charge in [-0.15, -0.1) is 23.7 Å². The van der Waals surface area contributed by atoms with Crippen LogP contribution < -0.4 is 5.73 Å². The van der Waals surface area contributed by atoms with Crippen LogP contribution in [0.15, 0.2) is 30.5 Å². The monoisotopic (exact) mass is 363 g/mol. The van der Waals surface area contributed by atoms with Crippen molar-refractivity contribution < 1.29 is 0 Å². The smallest absolute Gasteiger partial charge is 0.180 e. The fourth-order valence-electron chi connectivity index (χ4n) is 3.58. The van der Waals surface area contributed by atoms with Crippen molar-refractivity contribution in [3.05, 3.63) is 41.2 Å². The highest BCUT2D eigenvalue weighted by Gasteiger charge is 2.23. The Bertz CT molecular complexity index is 819. The molecule has 0 aliphatic carbocycles. The molecule has 128 valence electrons. The Morgan fingerprint density at radius 2 is 2.00 bits per heavy atom. The van der Waals surface area contributed by atoms with Crippen molar-refractivity contribution >= 4 is 39.9 Å². The number of piperidine rings is 1. The average molecular weight is 364 g/mol. The van der Waals surface area contributed by atoms with Gasteiger partial charge in [0.15, 0.2) is 5.13 Å². The summed E-state index contributed by atoms with van der Waals surface area (Å²) < 4.78 is 2.43. The van der Waals surface area contributed by atoms with E-state index in [1.807, 2.05) is 6.20 Å². The number of aryl methyl sites for hydroxylation is 1. The molecular weight excluding hydrogens is 342 g/mol. The number of nitrogens with zero attached hydrogens (tertiary/aromatic N) is 4. The summed E-state index contributed by atoms with van der Waals surface area (Å²) in [6, 6.07) is 8.99. The lowest BCUT2D eigenvalue weighted by molar-refractivity contribution is 0.181. The summed E-state index contributed by atoms with van der Waals surface area (Å²) in [5, 5.41) is 0.662. The number of aromatic nitrogens is 3. The average Bonchev–Trinajstić information content (AvgIpc) is 3.10. The lowest BCUT2D eigenvalue weighted by atomic mass is 10.0. The Kier molecular flexibility index (Phi) is 5.08. The van der Waals surface area contributed by atoms with Crippen molar-refractivity contribution in [3.8, 4) is 0 Å². The van der Waals surface area contributed by atoms with Crippen LogP contribution in [0.4, 0.5) is 5.13 Å². The van der Waals surface area contributed by atoms with Crippen LogP contribution in [0.5, 0.6) is 0 Å². The van der Waals surface area contributed by atoms with E-state index >= 15 is 0 Å². The summed E-state index contributed by atoms with van der Waals surface area (Å²) in [5.41, 5.74) is 8.08. The minimum Gasteiger partial charge on any atom is -0.375 e. The van der Waals surface area contributed by atoms with Gasteiger partial charge in [-0.1, -0.05) is 12.1 Å². The molecular formula is C17H22ClN5S. The first-order chi connectivity index (χ1) is 11.2. The molecule has 1 aromatic carbocycles. The van der Waals surface area contributed by atoms with Gasteiger partial charge in [0.25, 0.3) is 0 Å². The van der Waals surface area contributed by atoms with E-state index in [0.717, 1.165) is 43.8 Å². The van der Waals surface area contributed by atoms with E-state index < -0.39 is 0 Å². The zero-order valence-corrected chi connectivity index (χ0v) is 15.3. The van der Waals surface area contributed by atoms with E-state index in [9.17, 15) is 0 Å². The van der Waals surface area contributed by atoms with Gasteiger partial charge in [-0.25, -0.2) is 9.97 Å². The lowest BCUT2D eigenvalue weighted by Crippen LogP contribution is -2.34. The molecule has 0 amide bonds. The maximum atomic E-state index is 5.72. The van der Waals surface area contributed by atoms with E-state index in [1.165, 1.54) is 10.4 Å². The van der Waals surface area contributed by atoms with Crippen molar-refractivity contribution in [2.24, 2.45) is 0 Å². The van der Waals surface area contributed by atoms with E-state index in [-0.39, 0.29) is 12.4 Å². The third kappa shape index (κ3) is 3.27. The highest BCUT2D eigenvalue weighted by molar-refractivity contribution is 7.15. The summed E-state index contributed by atoms with van der Waals surface area (Å²) >= 11 is 1.59. The minimum absolute atomic E-state index is 0. The molecule has 2 aromatic heterocycles. The van der Waals surface area contributed by atoms with Crippen LogP contribution in [0.2, 0.25) is 0 Å². The number of thiazole rings is 1. The Hall–Kier alpha value is -1.63. The molecule has 5 nitrogen and oxygen atoms in total. The molecule has 0 spiro atoms. The molecule has 7 heteroatoms. The number of nitrogen functional groups attached to an aromatic ring is 1. The predicted octanol–water partition coefficient (Wildman–Crippen LogP) is 3.64. The number of hydrogen-bond acceptors (Lipinski definition) is 5. The molecule has 4 rings (SSSR count). The van der Waals surface area contributed by atoms with Gasteiger partial charge < -0.3 is 10.3 Å². The summed E-state index contributed by atoms with van der Waals surface area (Å²) in [6.45, 7) is 5.29. The normalized spacial score (nSPS) is 16.4. The zero-order valence-electron chi connectivity index (χ0n) is 13.7. The van der Waals surface area contributed by atoms with Gasteiger partial charge in [-0.3, -0.25) is 4.90 Å². The second-order valence-corrected chi connectivity index (χ2v) is 7.34. The van der Waals surface area contributed by atoms with Gasteiger partial charge in [0.05, 0.1) is 11.0 Å². The van der Waals surface area contributed by atoms with Crippen molar-refractivity contribution in [2.45, 2.75) is 32.4 Å². The second kappa shape index (κ2) is 7.09. The standard InChI is InChI=1S/C17H21N5S.ClH/c1-12-20-15-4-2-3-5-16(15)22(12)13-6-8-21(9-7-13)11-14-10-19-17(18)23-14;/h2-5,10,13H,6-9,11H2,1H3,(H2,18,19);1H. The Morgan fingerprint density at radius 1 is 1.25 bits per heavy atom. The zero-order chi connectivity index (χ0) is 15.8. The van der Waals surface area contributed by atoms with Gasteiger partial charge in [0, 0.05) is 36.8 Å². The molecule has 0 unspecified atom stereocenters. The van der Waals surface area contributed by atoms with Crippen LogP contribution in [0.25, 0.3) is 11.0 Å². The molecule has 1 aliphatic heterocycles. The maximum Gasteiger partial charge on any atom is 0.180 e. The molecule has 2 N–H and O–H groups in total. The molecule has 3 aromatic rings. The number of rotatable bonds is 3. The van der Waals surface area contributed by atoms with Gasteiger partial charge in [-0.2, -0.15) is 0 Å². The van der Waals surface area contributed by atoms with Gasteiger partial charge >= 0.3 is 0 Å². The minimum atomic E-state index is 0. The van der Waals surface area contributed by atoms with Crippen molar-refractivity contribution in [1.29, 1.82) is 0 Å². The molecule has 1 aliphatic rings. The molecule has 0 bridgehead atoms. The molecule has 1 fully saturated rings. The first kappa shape index (κ1) is 17.2. The van der Waals surface area contributed by atoms with Crippen molar-refractivity contribution in [2.75, 3.05) is 18.8 Å². The van der Waals surface area contributed by atoms with Crippen LogP contribution in [0, 0.1) is 6.92 Å². The van der Waals surface area contributed by atoms with Crippen molar-refractivity contribution in [3.63, 3.8) is 0 Å². The highest BCUT2D eigenvalue weighted by atomic mass is 35.5. The topological polar surface area (TPSA) is 60.0 Å². The second-order valence-electron chi connectivity index (χ2n) is 6.19. The highest BCUT2D eigenvalue weighted by Crippen LogP contribution is 2.29. The number of anilines is 1. The number of fused-ring (bicyclic) bond motifs is 1. The largest absolute Gasteiger partial charge is 0.375 e. The number of imidazole rings is 1. The quantitative estimate of drug-likeness (QED) is 0.771. The third-order valence-corrected chi connectivity index (χ3v) is 5.46. The van der Waals surface area contributed by atoms with E-state index in [1.54, 1.807) is 11.3 Å². The lowest BCUT2D eigenvalue weighted by Gasteiger charge is -2.33. The van der Waals surface area contributed by atoms with Crippen LogP contribution in [0.3, 0.4) is 0 Å². The Balaban J connectivity index is 0.00000169. The number of benzene rings is 1. The molecule has 24 heavy (non-hydrogen) atoms. The number of nitrogens with two attached hydrogens (primary N) is 1. The van der Waals surface area contributed by atoms with Crippen LogP contribution in [0.1, 0.15) is 29.6 Å². The summed E-state index contributed by atoms with van der Waals surface area (Å²) in [6.07, 6.45) is 4.23. The SMILES string of the molecule is Cc1nc2ccccc2n1C1CCN(Cc2cnc(N)s2)CC1.Cl. The fraction of sp³-hybridized carbons (Fsp3) is 0.412. The number of hydrogen-bond donors (Lipinski definition) is 1. The predicted molar refractivity (Wildman–Crippen MR) is 102 cm³/mol. The number of halogens is 1. The summed E-state index contributed by atoms with van der Waals surface area (Å²) in [7, 11) is 0. The summed E-state index contributed by atoms with van der Waals surface area (Å²) in [5.74, 6) is 1.12. The molecule has 1 saturated heterocycles. The van der Waals surface area contributed by atoms with Crippen LogP contribution >= 0.6 is 23.7 Å². The third-order valence-electron chi connectivity index (χ3n) is 4.65. The van der Waals surface area contributed by atoms with E-state index in [2.05, 4.69) is 45.6 Å². The van der Waals surface area contributed by atoms with Gasteiger partial charge in [0.1, 0.15) is 5.82 Å². The summed E-state index contributed by atoms with van der Waals surface area (Å²) in [4.78, 5) is 12.6.